The molecule has 6 nitrogen and oxygen atoms in total. The summed E-state index contributed by atoms with van der Waals surface area (Å²) in [5, 5.41) is 10.7. The molecular weight excluding hydrogens is 392 g/mol. The van der Waals surface area contributed by atoms with E-state index in [0.29, 0.717) is 11.4 Å². The minimum atomic E-state index is -0.701. The zero-order valence-electron chi connectivity index (χ0n) is 18.8. The lowest BCUT2D eigenvalue weighted by molar-refractivity contribution is -0.119. The van der Waals surface area contributed by atoms with Crippen molar-refractivity contribution in [2.75, 3.05) is 30.0 Å². The molecule has 6 heteroatoms. The number of amides is 1. The number of ether oxygens (including phenoxy) is 1. The predicted octanol–water partition coefficient (Wildman–Crippen LogP) is 4.67. The molecule has 1 unspecified atom stereocenters. The molecule has 1 aliphatic rings. The van der Waals surface area contributed by atoms with E-state index in [1.165, 1.54) is 4.90 Å². The van der Waals surface area contributed by atoms with Gasteiger partial charge in [0.25, 0.3) is 5.91 Å². The molecule has 3 rings (SSSR count). The van der Waals surface area contributed by atoms with Crippen LogP contribution in [0, 0.1) is 5.92 Å². The van der Waals surface area contributed by atoms with Gasteiger partial charge in [-0.1, -0.05) is 26.0 Å². The Kier molecular flexibility index (Phi) is 6.68. The highest BCUT2D eigenvalue weighted by Gasteiger charge is 2.44. The second-order valence-electron chi connectivity index (χ2n) is 7.82. The maximum Gasteiger partial charge on any atom is 0.294 e. The van der Waals surface area contributed by atoms with Crippen molar-refractivity contribution >= 4 is 23.1 Å². The van der Waals surface area contributed by atoms with E-state index in [-0.39, 0.29) is 17.3 Å². The molecule has 2 aromatic carbocycles. The first kappa shape index (κ1) is 22.4. The van der Waals surface area contributed by atoms with Crippen molar-refractivity contribution in [2.24, 2.45) is 5.92 Å². The third kappa shape index (κ3) is 4.15. The number of Topliss-reactive ketones (excluding diaryl/α,β-unsaturated/α-hetero) is 1. The number of methoxy groups -OCH3 is 1. The summed E-state index contributed by atoms with van der Waals surface area (Å²) in [6.07, 6.45) is 0. The molecule has 0 aromatic heterocycles. The van der Waals surface area contributed by atoms with Crippen LogP contribution < -0.4 is 14.5 Å². The zero-order valence-corrected chi connectivity index (χ0v) is 18.8. The van der Waals surface area contributed by atoms with Gasteiger partial charge in [-0.3, -0.25) is 14.5 Å². The number of anilines is 2. The molecule has 1 aliphatic heterocycles. The molecule has 0 saturated carbocycles. The smallest absolute Gasteiger partial charge is 0.294 e. The highest BCUT2D eigenvalue weighted by molar-refractivity contribution is 6.16. The zero-order chi connectivity index (χ0) is 22.7. The summed E-state index contributed by atoms with van der Waals surface area (Å²) in [6.45, 7) is 9.46. The van der Waals surface area contributed by atoms with Gasteiger partial charge in [-0.25, -0.2) is 0 Å². The first-order valence-corrected chi connectivity index (χ1v) is 10.6. The van der Waals surface area contributed by atoms with E-state index in [2.05, 4.69) is 18.7 Å². The second-order valence-corrected chi connectivity index (χ2v) is 7.82. The number of nitrogens with zero attached hydrogens (tertiary/aromatic N) is 2. The third-order valence-electron chi connectivity index (χ3n) is 5.69. The van der Waals surface area contributed by atoms with Crippen molar-refractivity contribution in [2.45, 2.75) is 33.7 Å². The van der Waals surface area contributed by atoms with Gasteiger partial charge in [0.1, 0.15) is 5.75 Å². The molecule has 0 bridgehead atoms. The summed E-state index contributed by atoms with van der Waals surface area (Å²) in [5.41, 5.74) is 2.55. The molecule has 0 radical (unpaired) electrons. The molecule has 1 N–H and O–H groups in total. The largest absolute Gasteiger partial charge is 0.503 e. The maximum absolute atomic E-state index is 13.1. The number of benzene rings is 2. The van der Waals surface area contributed by atoms with Crippen LogP contribution in [0.5, 0.6) is 5.75 Å². The van der Waals surface area contributed by atoms with Gasteiger partial charge in [-0.05, 0) is 55.8 Å². The van der Waals surface area contributed by atoms with Gasteiger partial charge in [-0.15, -0.1) is 0 Å². The lowest BCUT2D eigenvalue weighted by Gasteiger charge is -2.28. The average molecular weight is 423 g/mol. The van der Waals surface area contributed by atoms with Crippen molar-refractivity contribution < 1.29 is 19.4 Å². The van der Waals surface area contributed by atoms with E-state index in [4.69, 9.17) is 4.74 Å². The molecule has 0 spiro atoms. The van der Waals surface area contributed by atoms with E-state index >= 15 is 0 Å². The molecule has 1 heterocycles. The van der Waals surface area contributed by atoms with Crippen LogP contribution in [-0.4, -0.2) is 37.0 Å². The van der Waals surface area contributed by atoms with Crippen LogP contribution in [-0.2, 0) is 9.59 Å². The number of aliphatic hydroxyl groups is 1. The van der Waals surface area contributed by atoms with E-state index < -0.39 is 17.7 Å². The molecule has 31 heavy (non-hydrogen) atoms. The second kappa shape index (κ2) is 9.25. The summed E-state index contributed by atoms with van der Waals surface area (Å²) in [6, 6.07) is 14.1. The van der Waals surface area contributed by atoms with Gasteiger partial charge in [0.15, 0.2) is 11.5 Å². The fraction of sp³-hybridized carbons (Fsp3) is 0.360. The number of carbonyl (C=O) groups excluding carboxylic acids is 2. The number of ketones is 1. The third-order valence-corrected chi connectivity index (χ3v) is 5.69. The summed E-state index contributed by atoms with van der Waals surface area (Å²) in [4.78, 5) is 29.8. The molecule has 0 saturated heterocycles. The van der Waals surface area contributed by atoms with Gasteiger partial charge >= 0.3 is 0 Å². The molecule has 1 atom stereocenters. The van der Waals surface area contributed by atoms with Crippen LogP contribution in [0.15, 0.2) is 59.9 Å². The van der Waals surface area contributed by atoms with Crippen LogP contribution >= 0.6 is 0 Å². The highest BCUT2D eigenvalue weighted by Crippen LogP contribution is 2.42. The van der Waals surface area contributed by atoms with Gasteiger partial charge in [0.2, 0.25) is 0 Å². The Hall–Kier alpha value is -3.28. The SMILES string of the molecule is CCN(CC)c1ccc(N2C(=O)C(O)=C(C(=O)C(C)C)C2c2ccc(OC)cc2)cc1. The maximum atomic E-state index is 13.1. The Morgan fingerprint density at radius 3 is 2.13 bits per heavy atom. The Balaban J connectivity index is 2.09. The Labute approximate surface area is 183 Å². The molecule has 0 fully saturated rings. The first-order valence-electron chi connectivity index (χ1n) is 10.6. The minimum Gasteiger partial charge on any atom is -0.503 e. The molecule has 0 aliphatic carbocycles. The molecule has 164 valence electrons. The van der Waals surface area contributed by atoms with Crippen molar-refractivity contribution in [1.82, 2.24) is 0 Å². The van der Waals surface area contributed by atoms with Crippen molar-refractivity contribution in [3.8, 4) is 5.75 Å². The van der Waals surface area contributed by atoms with E-state index in [0.717, 1.165) is 24.3 Å². The molecular formula is C25H30N2O4. The van der Waals surface area contributed by atoms with Crippen LogP contribution in [0.1, 0.15) is 39.3 Å². The monoisotopic (exact) mass is 422 g/mol. The molecule has 2 aromatic rings. The lowest BCUT2D eigenvalue weighted by Crippen LogP contribution is -2.31. The van der Waals surface area contributed by atoms with E-state index in [1.54, 1.807) is 33.1 Å². The Bertz CT molecular complexity index is 974. The van der Waals surface area contributed by atoms with Crippen LogP contribution in [0.25, 0.3) is 0 Å². The number of hydrogen-bond donors (Lipinski definition) is 1. The van der Waals surface area contributed by atoms with Gasteiger partial charge in [-0.2, -0.15) is 0 Å². The van der Waals surface area contributed by atoms with Gasteiger partial charge < -0.3 is 14.7 Å². The fourth-order valence-electron chi connectivity index (χ4n) is 3.95. The van der Waals surface area contributed by atoms with E-state index in [1.807, 2.05) is 36.4 Å². The van der Waals surface area contributed by atoms with Gasteiger partial charge in [0.05, 0.1) is 18.7 Å². The topological polar surface area (TPSA) is 70.1 Å². The quantitative estimate of drug-likeness (QED) is 0.670. The number of hydrogen-bond acceptors (Lipinski definition) is 5. The average Bonchev–Trinajstić information content (AvgIpc) is 3.05. The number of aliphatic hydroxyl groups excluding tert-OH is 1. The van der Waals surface area contributed by atoms with Crippen LogP contribution in [0.3, 0.4) is 0 Å². The normalized spacial score (nSPS) is 16.3. The fourth-order valence-corrected chi connectivity index (χ4v) is 3.95. The number of rotatable bonds is 8. The summed E-state index contributed by atoms with van der Waals surface area (Å²) < 4.78 is 5.24. The highest BCUT2D eigenvalue weighted by atomic mass is 16.5. The first-order chi connectivity index (χ1) is 14.8. The lowest BCUT2D eigenvalue weighted by atomic mass is 9.91. The Morgan fingerprint density at radius 1 is 1.06 bits per heavy atom. The van der Waals surface area contributed by atoms with Crippen molar-refractivity contribution in [1.29, 1.82) is 0 Å². The standard InChI is InChI=1S/C25H30N2O4/c1-6-26(7-2)18-10-12-19(13-11-18)27-22(17-8-14-20(31-5)15-9-17)21(23(28)16(3)4)24(29)25(27)30/h8-16,22,29H,6-7H2,1-5H3. The van der Waals surface area contributed by atoms with Crippen LogP contribution in [0.4, 0.5) is 11.4 Å². The summed E-state index contributed by atoms with van der Waals surface area (Å²) in [7, 11) is 1.58. The number of carbonyl (C=O) groups is 2. The van der Waals surface area contributed by atoms with E-state index in [9.17, 15) is 14.7 Å². The van der Waals surface area contributed by atoms with Crippen molar-refractivity contribution in [3.05, 3.63) is 65.4 Å². The summed E-state index contributed by atoms with van der Waals surface area (Å²) in [5.74, 6) is -0.967. The molecule has 1 amide bonds. The minimum absolute atomic E-state index is 0.137. The Morgan fingerprint density at radius 2 is 1.65 bits per heavy atom. The van der Waals surface area contributed by atoms with Gasteiger partial charge in [0, 0.05) is 30.4 Å². The van der Waals surface area contributed by atoms with Crippen molar-refractivity contribution in [3.63, 3.8) is 0 Å². The summed E-state index contributed by atoms with van der Waals surface area (Å²) >= 11 is 0. The van der Waals surface area contributed by atoms with Crippen LogP contribution in [0.2, 0.25) is 0 Å². The predicted molar refractivity (Wildman–Crippen MR) is 123 cm³/mol.